The van der Waals surface area contributed by atoms with E-state index in [-0.39, 0.29) is 12.1 Å². The summed E-state index contributed by atoms with van der Waals surface area (Å²) in [4.78, 5) is 8.71. The molecule has 0 aromatic carbocycles. The standard InChI is InChI=1S/C15H27N3O2/c1-6-8-16-12(14(11(3)4)20-7-2)13-15(19-5)18-10-9-17-13/h9-12,14,16H,6-8H2,1-5H3. The van der Waals surface area contributed by atoms with Crippen LogP contribution in [0.2, 0.25) is 0 Å². The summed E-state index contributed by atoms with van der Waals surface area (Å²) in [7, 11) is 1.62. The highest BCUT2D eigenvalue weighted by Gasteiger charge is 2.30. The normalized spacial score (nSPS) is 14.3. The van der Waals surface area contributed by atoms with Gasteiger partial charge in [0.2, 0.25) is 5.88 Å². The van der Waals surface area contributed by atoms with Crippen LogP contribution in [0.15, 0.2) is 12.4 Å². The molecule has 1 heterocycles. The second kappa shape index (κ2) is 8.87. The fourth-order valence-electron chi connectivity index (χ4n) is 2.24. The fourth-order valence-corrected chi connectivity index (χ4v) is 2.24. The first-order valence-electron chi connectivity index (χ1n) is 7.35. The van der Waals surface area contributed by atoms with Gasteiger partial charge in [-0.1, -0.05) is 20.8 Å². The Morgan fingerprint density at radius 1 is 1.20 bits per heavy atom. The lowest BCUT2D eigenvalue weighted by molar-refractivity contribution is 0.00112. The van der Waals surface area contributed by atoms with Gasteiger partial charge in [-0.05, 0) is 25.8 Å². The van der Waals surface area contributed by atoms with Crippen LogP contribution in [0.25, 0.3) is 0 Å². The highest BCUT2D eigenvalue weighted by Crippen LogP contribution is 2.28. The minimum Gasteiger partial charge on any atom is -0.480 e. The van der Waals surface area contributed by atoms with Gasteiger partial charge < -0.3 is 14.8 Å². The minimum absolute atomic E-state index is 0.0152. The molecule has 114 valence electrons. The van der Waals surface area contributed by atoms with Crippen molar-refractivity contribution in [1.82, 2.24) is 15.3 Å². The van der Waals surface area contributed by atoms with Gasteiger partial charge in [0.05, 0.1) is 19.3 Å². The van der Waals surface area contributed by atoms with Crippen LogP contribution in [-0.4, -0.2) is 36.3 Å². The third kappa shape index (κ3) is 4.42. The van der Waals surface area contributed by atoms with E-state index in [0.29, 0.717) is 18.4 Å². The van der Waals surface area contributed by atoms with E-state index >= 15 is 0 Å². The molecule has 2 unspecified atom stereocenters. The van der Waals surface area contributed by atoms with Crippen LogP contribution in [0.1, 0.15) is 45.9 Å². The lowest BCUT2D eigenvalue weighted by Crippen LogP contribution is -2.38. The average molecular weight is 281 g/mol. The van der Waals surface area contributed by atoms with Crippen molar-refractivity contribution >= 4 is 0 Å². The lowest BCUT2D eigenvalue weighted by atomic mass is 9.96. The van der Waals surface area contributed by atoms with E-state index in [1.54, 1.807) is 19.5 Å². The zero-order chi connectivity index (χ0) is 15.0. The molecular weight excluding hydrogens is 254 g/mol. The molecule has 1 aromatic rings. The summed E-state index contributed by atoms with van der Waals surface area (Å²) in [6.45, 7) is 10.0. The van der Waals surface area contributed by atoms with Gasteiger partial charge in [0.1, 0.15) is 5.69 Å². The first-order chi connectivity index (χ1) is 9.65. The van der Waals surface area contributed by atoms with Crippen LogP contribution < -0.4 is 10.1 Å². The summed E-state index contributed by atoms with van der Waals surface area (Å²) in [6.07, 6.45) is 4.43. The number of rotatable bonds is 9. The van der Waals surface area contributed by atoms with Crippen molar-refractivity contribution in [1.29, 1.82) is 0 Å². The molecule has 0 radical (unpaired) electrons. The highest BCUT2D eigenvalue weighted by molar-refractivity contribution is 5.22. The summed E-state index contributed by atoms with van der Waals surface area (Å²) < 4.78 is 11.3. The smallest absolute Gasteiger partial charge is 0.237 e. The third-order valence-electron chi connectivity index (χ3n) is 3.14. The summed E-state index contributed by atoms with van der Waals surface area (Å²) in [6, 6.07) is -0.0152. The summed E-state index contributed by atoms with van der Waals surface area (Å²) >= 11 is 0. The maximum Gasteiger partial charge on any atom is 0.237 e. The van der Waals surface area contributed by atoms with Crippen molar-refractivity contribution in [3.8, 4) is 5.88 Å². The van der Waals surface area contributed by atoms with Crippen molar-refractivity contribution in [2.45, 2.75) is 46.3 Å². The zero-order valence-electron chi connectivity index (χ0n) is 13.2. The topological polar surface area (TPSA) is 56.3 Å². The first-order valence-corrected chi connectivity index (χ1v) is 7.35. The van der Waals surface area contributed by atoms with Gasteiger partial charge in [-0.15, -0.1) is 0 Å². The SMILES string of the molecule is CCCNC(c1nccnc1OC)C(OCC)C(C)C. The maximum absolute atomic E-state index is 5.93. The highest BCUT2D eigenvalue weighted by atomic mass is 16.5. The van der Waals surface area contributed by atoms with Crippen molar-refractivity contribution in [2.24, 2.45) is 5.92 Å². The van der Waals surface area contributed by atoms with Crippen LogP contribution in [0, 0.1) is 5.92 Å². The largest absolute Gasteiger partial charge is 0.480 e. The Morgan fingerprint density at radius 2 is 1.90 bits per heavy atom. The van der Waals surface area contributed by atoms with Gasteiger partial charge in [-0.25, -0.2) is 4.98 Å². The molecule has 0 aliphatic carbocycles. The molecule has 20 heavy (non-hydrogen) atoms. The van der Waals surface area contributed by atoms with Crippen LogP contribution in [0.4, 0.5) is 0 Å². The van der Waals surface area contributed by atoms with E-state index in [1.165, 1.54) is 0 Å². The number of hydrogen-bond acceptors (Lipinski definition) is 5. The van der Waals surface area contributed by atoms with E-state index in [1.807, 2.05) is 6.92 Å². The maximum atomic E-state index is 5.93. The second-order valence-corrected chi connectivity index (χ2v) is 5.05. The summed E-state index contributed by atoms with van der Waals surface area (Å²) in [5.41, 5.74) is 0.815. The van der Waals surface area contributed by atoms with Crippen LogP contribution >= 0.6 is 0 Å². The summed E-state index contributed by atoms with van der Waals surface area (Å²) in [5.74, 6) is 0.933. The molecule has 0 spiro atoms. The van der Waals surface area contributed by atoms with Crippen LogP contribution in [-0.2, 0) is 4.74 Å². The molecule has 5 heteroatoms. The van der Waals surface area contributed by atoms with E-state index in [2.05, 4.69) is 36.1 Å². The molecule has 0 amide bonds. The minimum atomic E-state index is -0.0152. The zero-order valence-corrected chi connectivity index (χ0v) is 13.2. The molecule has 1 aromatic heterocycles. The van der Waals surface area contributed by atoms with Gasteiger partial charge >= 0.3 is 0 Å². The fraction of sp³-hybridized carbons (Fsp3) is 0.733. The molecule has 0 bridgehead atoms. The Labute approximate surface area is 122 Å². The molecule has 0 aliphatic heterocycles. The third-order valence-corrected chi connectivity index (χ3v) is 3.14. The average Bonchev–Trinajstić information content (AvgIpc) is 2.46. The second-order valence-electron chi connectivity index (χ2n) is 5.05. The Balaban J connectivity index is 3.08. The number of nitrogens with one attached hydrogen (secondary N) is 1. The predicted molar refractivity (Wildman–Crippen MR) is 79.9 cm³/mol. The molecule has 1 N–H and O–H groups in total. The number of methoxy groups -OCH3 is 1. The quantitative estimate of drug-likeness (QED) is 0.754. The molecule has 0 saturated heterocycles. The van der Waals surface area contributed by atoms with E-state index in [4.69, 9.17) is 9.47 Å². The van der Waals surface area contributed by atoms with Gasteiger partial charge in [-0.2, -0.15) is 0 Å². The molecule has 0 saturated carbocycles. The Morgan fingerprint density at radius 3 is 2.45 bits per heavy atom. The van der Waals surface area contributed by atoms with E-state index in [0.717, 1.165) is 18.7 Å². The van der Waals surface area contributed by atoms with Gasteiger partial charge in [0, 0.05) is 19.0 Å². The van der Waals surface area contributed by atoms with Gasteiger partial charge in [0.15, 0.2) is 0 Å². The van der Waals surface area contributed by atoms with E-state index < -0.39 is 0 Å². The van der Waals surface area contributed by atoms with Crippen molar-refractivity contribution in [3.05, 3.63) is 18.1 Å². The lowest BCUT2D eigenvalue weighted by Gasteiger charge is -2.30. The van der Waals surface area contributed by atoms with Gasteiger partial charge in [-0.3, -0.25) is 4.98 Å². The molecule has 0 fully saturated rings. The molecule has 2 atom stereocenters. The Kier molecular flexibility index (Phi) is 7.47. The monoisotopic (exact) mass is 281 g/mol. The van der Waals surface area contributed by atoms with Crippen molar-refractivity contribution in [2.75, 3.05) is 20.3 Å². The number of hydrogen-bond donors (Lipinski definition) is 1. The van der Waals surface area contributed by atoms with E-state index in [9.17, 15) is 0 Å². The molecular formula is C15H27N3O2. The van der Waals surface area contributed by atoms with Gasteiger partial charge in [0.25, 0.3) is 0 Å². The van der Waals surface area contributed by atoms with Crippen molar-refractivity contribution < 1.29 is 9.47 Å². The first kappa shape index (κ1) is 16.9. The predicted octanol–water partition coefficient (Wildman–Crippen LogP) is 2.59. The van der Waals surface area contributed by atoms with Crippen LogP contribution in [0.5, 0.6) is 5.88 Å². The molecule has 0 aliphatic rings. The Bertz CT molecular complexity index is 385. The number of ether oxygens (including phenoxy) is 2. The summed E-state index contributed by atoms with van der Waals surface area (Å²) in [5, 5.41) is 3.52. The molecule has 1 rings (SSSR count). The molecule has 5 nitrogen and oxygen atoms in total. The Hall–Kier alpha value is -1.20. The van der Waals surface area contributed by atoms with Crippen LogP contribution in [0.3, 0.4) is 0 Å². The van der Waals surface area contributed by atoms with Crippen molar-refractivity contribution in [3.63, 3.8) is 0 Å². The number of nitrogens with zero attached hydrogens (tertiary/aromatic N) is 2. The number of aromatic nitrogens is 2.